The molecule has 4 aromatic rings. The second-order valence-electron chi connectivity index (χ2n) is 6.84. The van der Waals surface area contributed by atoms with Crippen LogP contribution in [0, 0.1) is 0 Å². The molecule has 0 N–H and O–H groups in total. The van der Waals surface area contributed by atoms with Crippen LogP contribution in [0.2, 0.25) is 0 Å². The Labute approximate surface area is 159 Å². The molecule has 27 heavy (non-hydrogen) atoms. The van der Waals surface area contributed by atoms with Gasteiger partial charge in [-0.2, -0.15) is 0 Å². The fraction of sp³-hybridized carbons (Fsp3) is 0.0385. The minimum atomic E-state index is 0.0752. The zero-order valence-electron chi connectivity index (χ0n) is 14.9. The van der Waals surface area contributed by atoms with Gasteiger partial charge in [0.2, 0.25) is 0 Å². The number of aliphatic imine (C=N–C) groups is 1. The van der Waals surface area contributed by atoms with Crippen LogP contribution in [0.25, 0.3) is 22.3 Å². The van der Waals surface area contributed by atoms with E-state index in [9.17, 15) is 0 Å². The van der Waals surface area contributed by atoms with Gasteiger partial charge in [0.15, 0.2) is 0 Å². The van der Waals surface area contributed by atoms with E-state index in [0.29, 0.717) is 0 Å². The fourth-order valence-electron chi connectivity index (χ4n) is 3.84. The normalized spacial score (nSPS) is 12.9. The highest BCUT2D eigenvalue weighted by molar-refractivity contribution is 5.84. The van der Waals surface area contributed by atoms with Crippen LogP contribution in [0.1, 0.15) is 22.7 Å². The van der Waals surface area contributed by atoms with Crippen molar-refractivity contribution < 1.29 is 0 Å². The molecule has 1 heteroatoms. The van der Waals surface area contributed by atoms with E-state index >= 15 is 0 Å². The van der Waals surface area contributed by atoms with Crippen LogP contribution >= 0.6 is 0 Å². The van der Waals surface area contributed by atoms with E-state index in [1.165, 1.54) is 33.4 Å². The molecule has 0 aliphatic heterocycles. The highest BCUT2D eigenvalue weighted by Gasteiger charge is 2.26. The molecule has 0 bridgehead atoms. The second-order valence-corrected chi connectivity index (χ2v) is 6.84. The van der Waals surface area contributed by atoms with Gasteiger partial charge in [0.25, 0.3) is 0 Å². The first-order chi connectivity index (χ1) is 13.4. The van der Waals surface area contributed by atoms with E-state index in [-0.39, 0.29) is 6.04 Å². The highest BCUT2D eigenvalue weighted by atomic mass is 14.8. The predicted octanol–water partition coefficient (Wildman–Crippen LogP) is 6.54. The summed E-state index contributed by atoms with van der Waals surface area (Å²) in [6.45, 7) is 0. The number of hydrogen-bond donors (Lipinski definition) is 0. The summed E-state index contributed by atoms with van der Waals surface area (Å²) >= 11 is 0. The first-order valence-corrected chi connectivity index (χ1v) is 9.27. The topological polar surface area (TPSA) is 12.4 Å². The van der Waals surface area contributed by atoms with Crippen molar-refractivity contribution in [1.29, 1.82) is 0 Å². The highest BCUT2D eigenvalue weighted by Crippen LogP contribution is 2.45. The third kappa shape index (κ3) is 2.88. The molecule has 1 aliphatic rings. The maximum absolute atomic E-state index is 4.95. The van der Waals surface area contributed by atoms with Gasteiger partial charge in [0.05, 0.1) is 0 Å². The number of rotatable bonds is 3. The zero-order chi connectivity index (χ0) is 18.1. The molecule has 0 radical (unpaired) electrons. The van der Waals surface area contributed by atoms with Gasteiger partial charge in [0.1, 0.15) is 6.04 Å². The summed E-state index contributed by atoms with van der Waals surface area (Å²) in [4.78, 5) is 4.95. The van der Waals surface area contributed by atoms with Gasteiger partial charge in [0, 0.05) is 6.21 Å². The SMILES string of the molecule is C(=NC1c2ccccc2-c2ccccc21)c1ccc(-c2ccccc2)cc1. The van der Waals surface area contributed by atoms with Crippen molar-refractivity contribution in [1.82, 2.24) is 0 Å². The molecule has 5 rings (SSSR count). The summed E-state index contributed by atoms with van der Waals surface area (Å²) in [6, 6.07) is 36.3. The molecule has 0 saturated heterocycles. The number of fused-ring (bicyclic) bond motifs is 3. The Kier molecular flexibility index (Phi) is 3.91. The molecular weight excluding hydrogens is 326 g/mol. The van der Waals surface area contributed by atoms with Gasteiger partial charge < -0.3 is 0 Å². The first kappa shape index (κ1) is 15.8. The van der Waals surface area contributed by atoms with Crippen LogP contribution < -0.4 is 0 Å². The van der Waals surface area contributed by atoms with Crippen LogP contribution in [0.4, 0.5) is 0 Å². The molecular formula is C26H19N. The maximum Gasteiger partial charge on any atom is 0.101 e. The molecule has 1 aliphatic carbocycles. The Morgan fingerprint density at radius 1 is 0.519 bits per heavy atom. The summed E-state index contributed by atoms with van der Waals surface area (Å²) in [6.07, 6.45) is 2.00. The van der Waals surface area contributed by atoms with Gasteiger partial charge in [-0.1, -0.05) is 103 Å². The number of benzene rings is 4. The van der Waals surface area contributed by atoms with Gasteiger partial charge in [-0.05, 0) is 38.9 Å². The van der Waals surface area contributed by atoms with Crippen molar-refractivity contribution in [3.63, 3.8) is 0 Å². The lowest BCUT2D eigenvalue weighted by atomic mass is 10.0. The number of nitrogens with zero attached hydrogens (tertiary/aromatic N) is 1. The lowest BCUT2D eigenvalue weighted by Gasteiger charge is -2.08. The molecule has 0 fully saturated rings. The Balaban J connectivity index is 1.46. The summed E-state index contributed by atoms with van der Waals surface area (Å²) < 4.78 is 0. The van der Waals surface area contributed by atoms with Crippen molar-refractivity contribution in [2.75, 3.05) is 0 Å². The Hall–Kier alpha value is -3.45. The van der Waals surface area contributed by atoms with Crippen LogP contribution in [-0.2, 0) is 0 Å². The van der Waals surface area contributed by atoms with Crippen molar-refractivity contribution in [2.24, 2.45) is 4.99 Å². The van der Waals surface area contributed by atoms with E-state index in [2.05, 4.69) is 97.1 Å². The second kappa shape index (κ2) is 6.69. The third-order valence-electron chi connectivity index (χ3n) is 5.19. The fourth-order valence-corrected chi connectivity index (χ4v) is 3.84. The van der Waals surface area contributed by atoms with Gasteiger partial charge in [-0.3, -0.25) is 4.99 Å². The molecule has 0 unspecified atom stereocenters. The largest absolute Gasteiger partial charge is 0.280 e. The van der Waals surface area contributed by atoms with Crippen LogP contribution in [0.3, 0.4) is 0 Å². The smallest absolute Gasteiger partial charge is 0.101 e. The molecule has 0 amide bonds. The average molecular weight is 345 g/mol. The van der Waals surface area contributed by atoms with Crippen LogP contribution in [-0.4, -0.2) is 6.21 Å². The van der Waals surface area contributed by atoms with Gasteiger partial charge in [-0.15, -0.1) is 0 Å². The molecule has 0 saturated carbocycles. The zero-order valence-corrected chi connectivity index (χ0v) is 14.9. The quantitative estimate of drug-likeness (QED) is 0.374. The van der Waals surface area contributed by atoms with E-state index in [1.807, 2.05) is 12.3 Å². The first-order valence-electron chi connectivity index (χ1n) is 9.27. The standard InChI is InChI=1S/C26H19N/c1-2-8-20(9-3-1)21-16-14-19(15-17-21)18-27-26-24-12-6-4-10-22(24)23-11-5-7-13-25(23)26/h1-18,26H. The van der Waals surface area contributed by atoms with Crippen molar-refractivity contribution in [3.05, 3.63) is 120 Å². The molecule has 128 valence electrons. The average Bonchev–Trinajstić information content (AvgIpc) is 3.07. The molecule has 0 atom stereocenters. The molecule has 0 aromatic heterocycles. The van der Waals surface area contributed by atoms with E-state index in [0.717, 1.165) is 5.56 Å². The lowest BCUT2D eigenvalue weighted by Crippen LogP contribution is -1.94. The molecule has 0 heterocycles. The van der Waals surface area contributed by atoms with Crippen molar-refractivity contribution in [2.45, 2.75) is 6.04 Å². The summed E-state index contributed by atoms with van der Waals surface area (Å²) in [5.41, 5.74) is 8.76. The lowest BCUT2D eigenvalue weighted by molar-refractivity contribution is 0.908. The summed E-state index contributed by atoms with van der Waals surface area (Å²) in [7, 11) is 0. The van der Waals surface area contributed by atoms with E-state index in [4.69, 9.17) is 4.99 Å². The molecule has 1 nitrogen and oxygen atoms in total. The Morgan fingerprint density at radius 3 is 1.67 bits per heavy atom. The Bertz CT molecular complexity index is 1060. The summed E-state index contributed by atoms with van der Waals surface area (Å²) in [5.74, 6) is 0. The minimum absolute atomic E-state index is 0.0752. The third-order valence-corrected chi connectivity index (χ3v) is 5.19. The van der Waals surface area contributed by atoms with Crippen LogP contribution in [0.5, 0.6) is 0 Å². The summed E-state index contributed by atoms with van der Waals surface area (Å²) in [5, 5.41) is 0. The monoisotopic (exact) mass is 345 g/mol. The van der Waals surface area contributed by atoms with Gasteiger partial charge >= 0.3 is 0 Å². The predicted molar refractivity (Wildman–Crippen MR) is 113 cm³/mol. The molecule has 0 spiro atoms. The molecule has 4 aromatic carbocycles. The van der Waals surface area contributed by atoms with Gasteiger partial charge in [-0.25, -0.2) is 0 Å². The van der Waals surface area contributed by atoms with Crippen molar-refractivity contribution >= 4 is 6.21 Å². The van der Waals surface area contributed by atoms with E-state index in [1.54, 1.807) is 0 Å². The van der Waals surface area contributed by atoms with E-state index < -0.39 is 0 Å². The number of hydrogen-bond acceptors (Lipinski definition) is 1. The van der Waals surface area contributed by atoms with Crippen LogP contribution in [0.15, 0.2) is 108 Å². The maximum atomic E-state index is 4.95. The Morgan fingerprint density at radius 2 is 1.04 bits per heavy atom. The van der Waals surface area contributed by atoms with Crippen molar-refractivity contribution in [3.8, 4) is 22.3 Å². The minimum Gasteiger partial charge on any atom is -0.280 e.